The van der Waals surface area contributed by atoms with Crippen LogP contribution in [0.1, 0.15) is 0 Å². The van der Waals surface area contributed by atoms with Crippen LogP contribution in [-0.4, -0.2) is 81.9 Å². The lowest BCUT2D eigenvalue weighted by atomic mass is 10.3. The quantitative estimate of drug-likeness (QED) is 0.607. The van der Waals surface area contributed by atoms with Crippen molar-refractivity contribution in [1.29, 1.82) is 0 Å². The minimum atomic E-state index is 0.151. The Bertz CT molecular complexity index is 220. The molecule has 2 N–H and O–H groups in total. The van der Waals surface area contributed by atoms with Crippen LogP contribution in [0.25, 0.3) is 0 Å². The van der Waals surface area contributed by atoms with Crippen molar-refractivity contribution in [3.8, 4) is 0 Å². The van der Waals surface area contributed by atoms with Crippen LogP contribution in [0, 0.1) is 0 Å². The van der Waals surface area contributed by atoms with Gasteiger partial charge >= 0.3 is 0 Å². The molecule has 0 unspecified atom stereocenters. The van der Waals surface area contributed by atoms with Gasteiger partial charge in [0.05, 0.1) is 26.4 Å². The molecular formula is C11H23N3O3. The summed E-state index contributed by atoms with van der Waals surface area (Å²) in [5, 5.41) is 0. The first-order valence-electron chi connectivity index (χ1n) is 6.04. The Balaban J connectivity index is 2.33. The van der Waals surface area contributed by atoms with Gasteiger partial charge in [-0.2, -0.15) is 0 Å². The molecule has 1 saturated heterocycles. The minimum Gasteiger partial charge on any atom is -0.383 e. The molecule has 6 heteroatoms. The first kappa shape index (κ1) is 14.4. The Morgan fingerprint density at radius 2 is 2.12 bits per heavy atom. The molecule has 1 rings (SSSR count). The van der Waals surface area contributed by atoms with Crippen LogP contribution in [0.2, 0.25) is 0 Å². The van der Waals surface area contributed by atoms with E-state index in [1.807, 2.05) is 9.80 Å². The van der Waals surface area contributed by atoms with Crippen LogP contribution in [0.4, 0.5) is 0 Å². The lowest BCUT2D eigenvalue weighted by molar-refractivity contribution is -0.136. The van der Waals surface area contributed by atoms with Crippen molar-refractivity contribution in [3.63, 3.8) is 0 Å². The molecule has 0 aromatic carbocycles. The molecule has 6 nitrogen and oxygen atoms in total. The molecule has 100 valence electrons. The Hall–Kier alpha value is -0.690. The Kier molecular flexibility index (Phi) is 7.11. The van der Waals surface area contributed by atoms with Crippen molar-refractivity contribution >= 4 is 5.91 Å². The van der Waals surface area contributed by atoms with E-state index in [0.717, 1.165) is 13.1 Å². The van der Waals surface area contributed by atoms with Crippen LogP contribution in [0.5, 0.6) is 0 Å². The zero-order valence-electron chi connectivity index (χ0n) is 10.6. The minimum absolute atomic E-state index is 0.151. The number of nitrogens with two attached hydrogens (primary N) is 1. The van der Waals surface area contributed by atoms with E-state index in [9.17, 15) is 4.79 Å². The molecule has 0 spiro atoms. The zero-order chi connectivity index (χ0) is 12.5. The molecule has 0 aromatic heterocycles. The molecule has 0 saturated carbocycles. The third-order valence-corrected chi connectivity index (χ3v) is 2.78. The van der Waals surface area contributed by atoms with Gasteiger partial charge in [0.2, 0.25) is 5.91 Å². The summed E-state index contributed by atoms with van der Waals surface area (Å²) in [6.07, 6.45) is 0. The molecule has 1 aliphatic heterocycles. The molecule has 0 radical (unpaired) electrons. The van der Waals surface area contributed by atoms with Gasteiger partial charge in [-0.05, 0) is 0 Å². The van der Waals surface area contributed by atoms with Gasteiger partial charge in [-0.3, -0.25) is 9.69 Å². The highest BCUT2D eigenvalue weighted by Crippen LogP contribution is 1.99. The monoisotopic (exact) mass is 245 g/mol. The summed E-state index contributed by atoms with van der Waals surface area (Å²) in [4.78, 5) is 15.9. The SMILES string of the molecule is COCCN(CCN)CC(=O)N1CCOCC1. The van der Waals surface area contributed by atoms with Gasteiger partial charge in [0.1, 0.15) is 0 Å². The Labute approximate surface area is 103 Å². The lowest BCUT2D eigenvalue weighted by Gasteiger charge is -2.29. The second-order valence-electron chi connectivity index (χ2n) is 4.05. The Morgan fingerprint density at radius 3 is 2.71 bits per heavy atom. The van der Waals surface area contributed by atoms with E-state index < -0.39 is 0 Å². The summed E-state index contributed by atoms with van der Waals surface area (Å²) in [7, 11) is 1.66. The summed E-state index contributed by atoms with van der Waals surface area (Å²) in [5.74, 6) is 0.151. The molecule has 17 heavy (non-hydrogen) atoms. The highest BCUT2D eigenvalue weighted by molar-refractivity contribution is 5.78. The van der Waals surface area contributed by atoms with Crippen LogP contribution in [-0.2, 0) is 14.3 Å². The van der Waals surface area contributed by atoms with Crippen molar-refractivity contribution in [1.82, 2.24) is 9.80 Å². The fourth-order valence-electron chi connectivity index (χ4n) is 1.78. The van der Waals surface area contributed by atoms with Gasteiger partial charge in [0.25, 0.3) is 0 Å². The molecule has 1 fully saturated rings. The number of morpholine rings is 1. The maximum atomic E-state index is 12.0. The number of nitrogens with zero attached hydrogens (tertiary/aromatic N) is 2. The topological polar surface area (TPSA) is 68.0 Å². The van der Waals surface area contributed by atoms with Crippen LogP contribution >= 0.6 is 0 Å². The molecule has 0 aliphatic carbocycles. The van der Waals surface area contributed by atoms with Crippen LogP contribution < -0.4 is 5.73 Å². The maximum absolute atomic E-state index is 12.0. The van der Waals surface area contributed by atoms with Crippen LogP contribution in [0.15, 0.2) is 0 Å². The summed E-state index contributed by atoms with van der Waals surface area (Å²) >= 11 is 0. The summed E-state index contributed by atoms with van der Waals surface area (Å²) in [5.41, 5.74) is 5.53. The number of carbonyl (C=O) groups excluding carboxylic acids is 1. The van der Waals surface area contributed by atoms with Gasteiger partial charge < -0.3 is 20.1 Å². The number of hydrogen-bond donors (Lipinski definition) is 1. The van der Waals surface area contributed by atoms with E-state index in [-0.39, 0.29) is 5.91 Å². The predicted octanol–water partition coefficient (Wildman–Crippen LogP) is -1.25. The molecule has 1 aliphatic rings. The summed E-state index contributed by atoms with van der Waals surface area (Å²) in [6.45, 7) is 5.72. The molecular weight excluding hydrogens is 222 g/mol. The van der Waals surface area contributed by atoms with Crippen molar-refractivity contribution < 1.29 is 14.3 Å². The lowest BCUT2D eigenvalue weighted by Crippen LogP contribution is -2.47. The second kappa shape index (κ2) is 8.41. The summed E-state index contributed by atoms with van der Waals surface area (Å²) < 4.78 is 10.2. The van der Waals surface area contributed by atoms with Crippen molar-refractivity contribution in [2.75, 3.05) is 66.2 Å². The maximum Gasteiger partial charge on any atom is 0.236 e. The van der Waals surface area contributed by atoms with Crippen molar-refractivity contribution in [2.24, 2.45) is 5.73 Å². The normalized spacial score (nSPS) is 16.5. The number of amides is 1. The van der Waals surface area contributed by atoms with Crippen LogP contribution in [0.3, 0.4) is 0 Å². The fraction of sp³-hybridized carbons (Fsp3) is 0.909. The number of methoxy groups -OCH3 is 1. The second-order valence-corrected chi connectivity index (χ2v) is 4.05. The molecule has 0 aromatic rings. The molecule has 0 atom stereocenters. The number of rotatable bonds is 7. The zero-order valence-corrected chi connectivity index (χ0v) is 10.6. The van der Waals surface area contributed by atoms with Gasteiger partial charge in [-0.15, -0.1) is 0 Å². The van der Waals surface area contributed by atoms with Gasteiger partial charge in [-0.25, -0.2) is 0 Å². The summed E-state index contributed by atoms with van der Waals surface area (Å²) in [6, 6.07) is 0. The predicted molar refractivity (Wildman–Crippen MR) is 64.8 cm³/mol. The average Bonchev–Trinajstić information content (AvgIpc) is 2.37. The van der Waals surface area contributed by atoms with E-state index in [1.54, 1.807) is 7.11 Å². The first-order valence-corrected chi connectivity index (χ1v) is 6.04. The highest BCUT2D eigenvalue weighted by atomic mass is 16.5. The highest BCUT2D eigenvalue weighted by Gasteiger charge is 2.19. The van der Waals surface area contributed by atoms with Crippen molar-refractivity contribution in [2.45, 2.75) is 0 Å². The van der Waals surface area contributed by atoms with E-state index >= 15 is 0 Å². The Morgan fingerprint density at radius 1 is 1.41 bits per heavy atom. The van der Waals surface area contributed by atoms with E-state index in [4.69, 9.17) is 15.2 Å². The van der Waals surface area contributed by atoms with Gasteiger partial charge in [0.15, 0.2) is 0 Å². The van der Waals surface area contributed by atoms with E-state index in [1.165, 1.54) is 0 Å². The number of ether oxygens (including phenoxy) is 2. The first-order chi connectivity index (χ1) is 8.27. The fourth-order valence-corrected chi connectivity index (χ4v) is 1.78. The standard InChI is InChI=1S/C11H23N3O3/c1-16-7-4-13(3-2-12)10-11(15)14-5-8-17-9-6-14/h2-10,12H2,1H3. The average molecular weight is 245 g/mol. The smallest absolute Gasteiger partial charge is 0.236 e. The van der Waals surface area contributed by atoms with E-state index in [2.05, 4.69) is 0 Å². The van der Waals surface area contributed by atoms with E-state index in [0.29, 0.717) is 46.0 Å². The number of hydrogen-bond acceptors (Lipinski definition) is 5. The number of carbonyl (C=O) groups is 1. The van der Waals surface area contributed by atoms with Crippen molar-refractivity contribution in [3.05, 3.63) is 0 Å². The third kappa shape index (κ3) is 5.45. The largest absolute Gasteiger partial charge is 0.383 e. The van der Waals surface area contributed by atoms with Gasteiger partial charge in [-0.1, -0.05) is 0 Å². The van der Waals surface area contributed by atoms with Gasteiger partial charge in [0, 0.05) is 39.8 Å². The molecule has 0 bridgehead atoms. The molecule has 1 amide bonds. The molecule has 1 heterocycles. The third-order valence-electron chi connectivity index (χ3n) is 2.78.